The van der Waals surface area contributed by atoms with Crippen LogP contribution in [-0.4, -0.2) is 36.3 Å². The summed E-state index contributed by atoms with van der Waals surface area (Å²) >= 11 is 1.66. The molecule has 0 aromatic carbocycles. The molecule has 0 radical (unpaired) electrons. The highest BCUT2D eigenvalue weighted by molar-refractivity contribution is 7.15. The number of ether oxygens (including phenoxy) is 1. The lowest BCUT2D eigenvalue weighted by Gasteiger charge is -2.26. The molecule has 2 aromatic rings. The Hall–Kier alpha value is -1.21. The maximum atomic E-state index is 5.60. The van der Waals surface area contributed by atoms with Gasteiger partial charge < -0.3 is 9.15 Å². The molecular formula is C13H17N3O2S. The number of aromatic nitrogens is 1. The summed E-state index contributed by atoms with van der Waals surface area (Å²) in [5.74, 6) is 1.82. The molecule has 0 atom stereocenters. The Kier molecular flexibility index (Phi) is 3.93. The molecule has 3 rings (SSSR count). The minimum Gasteiger partial charge on any atom is -0.460 e. The second kappa shape index (κ2) is 5.83. The van der Waals surface area contributed by atoms with E-state index in [4.69, 9.17) is 9.15 Å². The molecule has 0 spiro atoms. The van der Waals surface area contributed by atoms with Gasteiger partial charge in [-0.25, -0.2) is 15.4 Å². The van der Waals surface area contributed by atoms with Gasteiger partial charge in [-0.15, -0.1) is 11.3 Å². The standard InChI is InChI=1S/C13H17N3O2S/c1-10-2-3-11(18-10)12-8-14-13(19-12)9-15-16-4-6-17-7-5-16/h2-3,8,15H,4-7,9H2,1H3. The fraction of sp³-hybridized carbons (Fsp3) is 0.462. The van der Waals surface area contributed by atoms with Gasteiger partial charge in [-0.05, 0) is 19.1 Å². The molecular weight excluding hydrogens is 262 g/mol. The van der Waals surface area contributed by atoms with Crippen LogP contribution in [0.1, 0.15) is 10.8 Å². The molecule has 102 valence electrons. The van der Waals surface area contributed by atoms with Crippen molar-refractivity contribution < 1.29 is 9.15 Å². The van der Waals surface area contributed by atoms with Crippen molar-refractivity contribution in [1.82, 2.24) is 15.4 Å². The van der Waals surface area contributed by atoms with Crippen LogP contribution in [0.25, 0.3) is 10.6 Å². The van der Waals surface area contributed by atoms with E-state index in [1.165, 1.54) is 0 Å². The topological polar surface area (TPSA) is 50.5 Å². The van der Waals surface area contributed by atoms with Gasteiger partial charge in [0.25, 0.3) is 0 Å². The van der Waals surface area contributed by atoms with Gasteiger partial charge in [0.05, 0.1) is 24.6 Å². The highest BCUT2D eigenvalue weighted by atomic mass is 32.1. The van der Waals surface area contributed by atoms with Crippen LogP contribution >= 0.6 is 11.3 Å². The number of hydrazine groups is 1. The fourth-order valence-corrected chi connectivity index (χ4v) is 2.79. The molecule has 19 heavy (non-hydrogen) atoms. The van der Waals surface area contributed by atoms with E-state index in [1.54, 1.807) is 11.3 Å². The number of rotatable bonds is 4. The van der Waals surface area contributed by atoms with Crippen LogP contribution in [0.15, 0.2) is 22.7 Å². The third kappa shape index (κ3) is 3.22. The van der Waals surface area contributed by atoms with Crippen LogP contribution in [0, 0.1) is 6.92 Å². The summed E-state index contributed by atoms with van der Waals surface area (Å²) < 4.78 is 10.9. The van der Waals surface area contributed by atoms with E-state index in [-0.39, 0.29) is 0 Å². The Morgan fingerprint density at radius 2 is 2.21 bits per heavy atom. The van der Waals surface area contributed by atoms with Crippen molar-refractivity contribution in [3.8, 4) is 10.6 Å². The molecule has 0 bridgehead atoms. The minimum absolute atomic E-state index is 0.754. The number of aryl methyl sites for hydroxylation is 1. The van der Waals surface area contributed by atoms with Crippen LogP contribution in [0.5, 0.6) is 0 Å². The zero-order valence-electron chi connectivity index (χ0n) is 10.9. The number of nitrogens with one attached hydrogen (secondary N) is 1. The summed E-state index contributed by atoms with van der Waals surface area (Å²) in [7, 11) is 0. The second-order valence-electron chi connectivity index (χ2n) is 4.46. The molecule has 0 amide bonds. The summed E-state index contributed by atoms with van der Waals surface area (Å²) in [5, 5.41) is 3.25. The van der Waals surface area contributed by atoms with Gasteiger partial charge in [-0.2, -0.15) is 0 Å². The van der Waals surface area contributed by atoms with Crippen LogP contribution in [0.3, 0.4) is 0 Å². The molecule has 0 unspecified atom stereocenters. The largest absolute Gasteiger partial charge is 0.460 e. The van der Waals surface area contributed by atoms with Crippen molar-refractivity contribution >= 4 is 11.3 Å². The van der Waals surface area contributed by atoms with Gasteiger partial charge >= 0.3 is 0 Å². The maximum absolute atomic E-state index is 5.60. The summed E-state index contributed by atoms with van der Waals surface area (Å²) in [5.41, 5.74) is 3.38. The Morgan fingerprint density at radius 3 is 2.95 bits per heavy atom. The highest BCUT2D eigenvalue weighted by Crippen LogP contribution is 2.27. The Morgan fingerprint density at radius 1 is 1.37 bits per heavy atom. The zero-order chi connectivity index (χ0) is 13.1. The highest BCUT2D eigenvalue weighted by Gasteiger charge is 2.11. The van der Waals surface area contributed by atoms with Gasteiger partial charge in [-0.3, -0.25) is 0 Å². The lowest BCUT2D eigenvalue weighted by Crippen LogP contribution is -2.45. The van der Waals surface area contributed by atoms with E-state index in [0.717, 1.165) is 54.3 Å². The number of hydrogen-bond acceptors (Lipinski definition) is 6. The van der Waals surface area contributed by atoms with Crippen molar-refractivity contribution in [3.63, 3.8) is 0 Å². The van der Waals surface area contributed by atoms with Gasteiger partial charge in [0, 0.05) is 19.3 Å². The SMILES string of the molecule is Cc1ccc(-c2cnc(CNN3CCOCC3)s2)o1. The van der Waals surface area contributed by atoms with Crippen LogP contribution in [0.2, 0.25) is 0 Å². The Labute approximate surface area is 116 Å². The number of nitrogens with zero attached hydrogens (tertiary/aromatic N) is 2. The predicted molar refractivity (Wildman–Crippen MR) is 73.8 cm³/mol. The first-order chi connectivity index (χ1) is 9.31. The number of thiazole rings is 1. The first-order valence-corrected chi connectivity index (χ1v) is 7.20. The van der Waals surface area contributed by atoms with Crippen molar-refractivity contribution in [2.75, 3.05) is 26.3 Å². The average Bonchev–Trinajstić information content (AvgIpc) is 3.06. The third-order valence-electron chi connectivity index (χ3n) is 3.00. The molecule has 5 nitrogen and oxygen atoms in total. The van der Waals surface area contributed by atoms with Crippen molar-refractivity contribution in [1.29, 1.82) is 0 Å². The summed E-state index contributed by atoms with van der Waals surface area (Å²) in [6.07, 6.45) is 1.87. The molecule has 2 aromatic heterocycles. The number of hydrogen-bond donors (Lipinski definition) is 1. The lowest BCUT2D eigenvalue weighted by molar-refractivity contribution is 0.0105. The quantitative estimate of drug-likeness (QED) is 0.928. The average molecular weight is 279 g/mol. The van der Waals surface area contributed by atoms with Crippen LogP contribution in [-0.2, 0) is 11.3 Å². The lowest BCUT2D eigenvalue weighted by atomic mass is 10.4. The van der Waals surface area contributed by atoms with Crippen molar-refractivity contribution in [2.45, 2.75) is 13.5 Å². The first kappa shape index (κ1) is 12.8. The Balaban J connectivity index is 1.58. The monoisotopic (exact) mass is 279 g/mol. The second-order valence-corrected chi connectivity index (χ2v) is 5.58. The molecule has 0 saturated carbocycles. The minimum atomic E-state index is 0.754. The molecule has 0 aliphatic carbocycles. The van der Waals surface area contributed by atoms with E-state index in [1.807, 2.05) is 25.3 Å². The van der Waals surface area contributed by atoms with Crippen LogP contribution < -0.4 is 5.43 Å². The summed E-state index contributed by atoms with van der Waals surface area (Å²) in [6.45, 7) is 6.14. The van der Waals surface area contributed by atoms with Crippen LogP contribution in [0.4, 0.5) is 0 Å². The third-order valence-corrected chi connectivity index (χ3v) is 4.01. The first-order valence-electron chi connectivity index (χ1n) is 6.39. The van der Waals surface area contributed by atoms with E-state index >= 15 is 0 Å². The van der Waals surface area contributed by atoms with Gasteiger partial charge in [0.2, 0.25) is 0 Å². The molecule has 1 fully saturated rings. The molecule has 1 N–H and O–H groups in total. The van der Waals surface area contributed by atoms with E-state index in [2.05, 4.69) is 15.4 Å². The summed E-state index contributed by atoms with van der Waals surface area (Å²) in [4.78, 5) is 5.50. The number of furan rings is 1. The van der Waals surface area contributed by atoms with Gasteiger partial charge in [0.15, 0.2) is 0 Å². The molecule has 1 aliphatic rings. The van der Waals surface area contributed by atoms with Gasteiger partial charge in [0.1, 0.15) is 16.5 Å². The van der Waals surface area contributed by atoms with Gasteiger partial charge in [-0.1, -0.05) is 0 Å². The van der Waals surface area contributed by atoms with E-state index in [9.17, 15) is 0 Å². The van der Waals surface area contributed by atoms with Crippen molar-refractivity contribution in [3.05, 3.63) is 29.1 Å². The predicted octanol–water partition coefficient (Wildman–Crippen LogP) is 2.05. The Bertz CT molecular complexity index is 531. The summed E-state index contributed by atoms with van der Waals surface area (Å²) in [6, 6.07) is 3.96. The fourth-order valence-electron chi connectivity index (χ4n) is 1.97. The normalized spacial score (nSPS) is 16.9. The number of morpholine rings is 1. The van der Waals surface area contributed by atoms with E-state index in [0.29, 0.717) is 0 Å². The zero-order valence-corrected chi connectivity index (χ0v) is 11.7. The maximum Gasteiger partial charge on any atom is 0.145 e. The molecule has 3 heterocycles. The molecule has 1 saturated heterocycles. The van der Waals surface area contributed by atoms with E-state index < -0.39 is 0 Å². The molecule has 6 heteroatoms. The molecule has 1 aliphatic heterocycles. The smallest absolute Gasteiger partial charge is 0.145 e. The van der Waals surface area contributed by atoms with Crippen molar-refractivity contribution in [2.24, 2.45) is 0 Å².